The van der Waals surface area contributed by atoms with Crippen molar-refractivity contribution in [3.63, 3.8) is 0 Å². The zero-order valence-electron chi connectivity index (χ0n) is 19.3. The number of carbonyl (C=O) groups excluding carboxylic acids is 1. The van der Waals surface area contributed by atoms with Gasteiger partial charge in [0, 0.05) is 29.7 Å². The van der Waals surface area contributed by atoms with Crippen LogP contribution in [0.15, 0.2) is 35.4 Å². The van der Waals surface area contributed by atoms with Gasteiger partial charge in [0.1, 0.15) is 5.75 Å². The number of nitrogens with two attached hydrogens (primary N) is 1. The Balaban J connectivity index is 1.61. The van der Waals surface area contributed by atoms with Crippen molar-refractivity contribution >= 4 is 22.6 Å². The second-order valence-corrected chi connectivity index (χ2v) is 9.80. The Morgan fingerprint density at radius 1 is 1.13 bits per heavy atom. The lowest BCUT2D eigenvalue weighted by atomic mass is 10.0. The summed E-state index contributed by atoms with van der Waals surface area (Å²) in [7, 11) is 1.67. The lowest BCUT2D eigenvalue weighted by Crippen LogP contribution is -2.47. The fraction of sp³-hybridized carbons (Fsp3) is 0.560. The van der Waals surface area contributed by atoms with Crippen molar-refractivity contribution in [2.75, 3.05) is 33.3 Å². The van der Waals surface area contributed by atoms with Gasteiger partial charge >= 0.3 is 0 Å². The van der Waals surface area contributed by atoms with E-state index in [9.17, 15) is 4.79 Å². The summed E-state index contributed by atoms with van der Waals surface area (Å²) < 4.78 is 5.35. The van der Waals surface area contributed by atoms with Crippen LogP contribution in [0.2, 0.25) is 0 Å². The highest BCUT2D eigenvalue weighted by atomic mass is 32.2. The summed E-state index contributed by atoms with van der Waals surface area (Å²) in [5.41, 5.74) is 8.72. The number of methoxy groups -OCH3 is 1. The highest BCUT2D eigenvalue weighted by Crippen LogP contribution is 2.36. The number of hydrogen-bond acceptors (Lipinski definition) is 5. The smallest absolute Gasteiger partial charge is 0.262 e. The minimum atomic E-state index is 0.0331. The lowest BCUT2D eigenvalue weighted by Gasteiger charge is -2.38. The van der Waals surface area contributed by atoms with Crippen LogP contribution in [0.5, 0.6) is 5.75 Å². The monoisotopic (exact) mass is 443 g/mol. The molecule has 2 fully saturated rings. The van der Waals surface area contributed by atoms with Crippen molar-refractivity contribution in [2.24, 2.45) is 5.73 Å². The van der Waals surface area contributed by atoms with Gasteiger partial charge < -0.3 is 20.3 Å². The largest absolute Gasteiger partial charge is 0.496 e. The molecule has 0 unspecified atom stereocenters. The van der Waals surface area contributed by atoms with E-state index in [0.717, 1.165) is 47.7 Å². The standard InChI is InChI=1S/C25H37N3O2S/c1-18-17-21(9-10-23(18)30-4)20(3)31-24(19(2)26)25(29)28-15-11-22(12-16-28)27-13-7-5-6-8-14-27/h9-10,17,22H,3,5-8,11-16,26H2,1-2,4H3/b24-19-. The molecule has 2 saturated heterocycles. The van der Waals surface area contributed by atoms with Crippen LogP contribution in [0.4, 0.5) is 0 Å². The highest BCUT2D eigenvalue weighted by Gasteiger charge is 2.29. The molecule has 31 heavy (non-hydrogen) atoms. The molecular formula is C25H37N3O2S. The van der Waals surface area contributed by atoms with Crippen molar-refractivity contribution in [1.29, 1.82) is 0 Å². The molecule has 1 aromatic rings. The van der Waals surface area contributed by atoms with Gasteiger partial charge in [0.05, 0.1) is 12.0 Å². The molecular weight excluding hydrogens is 406 g/mol. The Morgan fingerprint density at radius 2 is 1.77 bits per heavy atom. The molecule has 0 saturated carbocycles. The number of allylic oxidation sites excluding steroid dienone is 1. The van der Waals surface area contributed by atoms with E-state index in [-0.39, 0.29) is 5.91 Å². The molecule has 2 N–H and O–H groups in total. The van der Waals surface area contributed by atoms with Crippen LogP contribution in [0.25, 0.3) is 4.91 Å². The zero-order chi connectivity index (χ0) is 22.4. The SMILES string of the molecule is C=C(S/C(C(=O)N1CCC(N2CCCCCC2)CC1)=C(/C)N)c1ccc(OC)c(C)c1. The molecule has 1 aromatic carbocycles. The minimum Gasteiger partial charge on any atom is -0.496 e. The third-order valence-corrected chi connectivity index (χ3v) is 7.59. The van der Waals surface area contributed by atoms with Crippen LogP contribution in [0, 0.1) is 6.92 Å². The van der Waals surface area contributed by atoms with E-state index in [0.29, 0.717) is 16.6 Å². The number of carbonyl (C=O) groups is 1. The topological polar surface area (TPSA) is 58.8 Å². The van der Waals surface area contributed by atoms with Gasteiger partial charge in [-0.15, -0.1) is 0 Å². The quantitative estimate of drug-likeness (QED) is 0.642. The predicted octanol–water partition coefficient (Wildman–Crippen LogP) is 4.76. The minimum absolute atomic E-state index is 0.0331. The molecule has 5 nitrogen and oxygen atoms in total. The maximum Gasteiger partial charge on any atom is 0.262 e. The molecule has 170 valence electrons. The summed E-state index contributed by atoms with van der Waals surface area (Å²) in [6.45, 7) is 12.0. The molecule has 0 radical (unpaired) electrons. The number of likely N-dealkylation sites (tertiary alicyclic amines) is 2. The number of aryl methyl sites for hydroxylation is 1. The number of amides is 1. The van der Waals surface area contributed by atoms with Crippen molar-refractivity contribution in [1.82, 2.24) is 9.80 Å². The number of benzene rings is 1. The van der Waals surface area contributed by atoms with Gasteiger partial charge in [0.2, 0.25) is 0 Å². The summed E-state index contributed by atoms with van der Waals surface area (Å²) in [6, 6.07) is 6.56. The van der Waals surface area contributed by atoms with E-state index < -0.39 is 0 Å². The first-order valence-corrected chi connectivity index (χ1v) is 12.2. The van der Waals surface area contributed by atoms with E-state index in [2.05, 4.69) is 11.5 Å². The van der Waals surface area contributed by atoms with Crippen LogP contribution in [0.3, 0.4) is 0 Å². The van der Waals surface area contributed by atoms with Crippen LogP contribution in [0.1, 0.15) is 56.6 Å². The summed E-state index contributed by atoms with van der Waals surface area (Å²) in [4.78, 5) is 19.3. The first kappa shape index (κ1) is 23.7. The average Bonchev–Trinajstić information content (AvgIpc) is 3.06. The first-order chi connectivity index (χ1) is 14.9. The number of nitrogens with zero attached hydrogens (tertiary/aromatic N) is 2. The van der Waals surface area contributed by atoms with E-state index >= 15 is 0 Å². The lowest BCUT2D eigenvalue weighted by molar-refractivity contribution is -0.128. The summed E-state index contributed by atoms with van der Waals surface area (Å²) in [6.07, 6.45) is 7.42. The fourth-order valence-corrected chi connectivity index (χ4v) is 5.43. The zero-order valence-corrected chi connectivity index (χ0v) is 20.1. The summed E-state index contributed by atoms with van der Waals surface area (Å²) >= 11 is 1.38. The predicted molar refractivity (Wildman–Crippen MR) is 131 cm³/mol. The Bertz CT molecular complexity index is 816. The van der Waals surface area contributed by atoms with E-state index in [4.69, 9.17) is 10.5 Å². The molecule has 6 heteroatoms. The van der Waals surface area contributed by atoms with Crippen molar-refractivity contribution in [3.05, 3.63) is 46.5 Å². The van der Waals surface area contributed by atoms with Crippen LogP contribution < -0.4 is 10.5 Å². The van der Waals surface area contributed by atoms with Crippen molar-refractivity contribution in [2.45, 2.75) is 58.4 Å². The van der Waals surface area contributed by atoms with Gasteiger partial charge in [-0.3, -0.25) is 4.79 Å². The van der Waals surface area contributed by atoms with Gasteiger partial charge in [-0.05, 0) is 75.9 Å². The number of thioether (sulfide) groups is 1. The summed E-state index contributed by atoms with van der Waals surface area (Å²) in [5.74, 6) is 0.876. The number of ether oxygens (including phenoxy) is 1. The maximum absolute atomic E-state index is 13.3. The third-order valence-electron chi connectivity index (χ3n) is 6.40. The highest BCUT2D eigenvalue weighted by molar-refractivity contribution is 8.12. The number of rotatable bonds is 6. The van der Waals surface area contributed by atoms with Crippen LogP contribution in [-0.2, 0) is 4.79 Å². The van der Waals surface area contributed by atoms with E-state index in [1.54, 1.807) is 14.0 Å². The Morgan fingerprint density at radius 3 is 2.32 bits per heavy atom. The normalized spacial score (nSPS) is 19.5. The Kier molecular flexibility index (Phi) is 8.50. The molecule has 1 amide bonds. The van der Waals surface area contributed by atoms with Gasteiger partial charge in [-0.2, -0.15) is 0 Å². The van der Waals surface area contributed by atoms with Gasteiger partial charge in [-0.1, -0.05) is 37.2 Å². The second-order valence-electron chi connectivity index (χ2n) is 8.70. The third kappa shape index (κ3) is 6.07. The molecule has 0 aromatic heterocycles. The van der Waals surface area contributed by atoms with E-state index in [1.165, 1.54) is 50.5 Å². The van der Waals surface area contributed by atoms with Crippen molar-refractivity contribution in [3.8, 4) is 5.75 Å². The Hall–Kier alpha value is -1.92. The van der Waals surface area contributed by atoms with E-state index in [1.807, 2.05) is 30.0 Å². The van der Waals surface area contributed by atoms with Gasteiger partial charge in [0.15, 0.2) is 0 Å². The molecule has 2 aliphatic heterocycles. The average molecular weight is 444 g/mol. The number of hydrogen-bond donors (Lipinski definition) is 1. The van der Waals surface area contributed by atoms with Crippen LogP contribution in [-0.4, -0.2) is 55.0 Å². The molecule has 3 rings (SSSR count). The van der Waals surface area contributed by atoms with Gasteiger partial charge in [-0.25, -0.2) is 0 Å². The first-order valence-electron chi connectivity index (χ1n) is 11.4. The Labute approximate surface area is 191 Å². The fourth-order valence-electron chi connectivity index (χ4n) is 4.56. The molecule has 0 bridgehead atoms. The molecule has 0 spiro atoms. The molecule has 2 aliphatic rings. The molecule has 0 atom stereocenters. The molecule has 2 heterocycles. The maximum atomic E-state index is 13.3. The second kappa shape index (κ2) is 11.1. The number of piperidine rings is 1. The van der Waals surface area contributed by atoms with Gasteiger partial charge in [0.25, 0.3) is 5.91 Å². The van der Waals surface area contributed by atoms with Crippen LogP contribution >= 0.6 is 11.8 Å². The molecule has 0 aliphatic carbocycles. The summed E-state index contributed by atoms with van der Waals surface area (Å²) in [5, 5.41) is 0. The van der Waals surface area contributed by atoms with Crippen molar-refractivity contribution < 1.29 is 9.53 Å².